The summed E-state index contributed by atoms with van der Waals surface area (Å²) in [5, 5.41) is 0. The molecule has 20 heavy (non-hydrogen) atoms. The van der Waals surface area contributed by atoms with Crippen LogP contribution in [0.25, 0.3) is 11.2 Å². The number of hydrogen-bond donors (Lipinski definition) is 1. The summed E-state index contributed by atoms with van der Waals surface area (Å²) in [5.74, 6) is 0.441. The first kappa shape index (κ1) is 13.3. The molecule has 3 rings (SSSR count). The Hall–Kier alpha value is -1.73. The lowest BCUT2D eigenvalue weighted by molar-refractivity contribution is -0.0187. The van der Waals surface area contributed by atoms with Gasteiger partial charge < -0.3 is 15.0 Å². The number of morpholine rings is 1. The molecule has 3 heterocycles. The van der Waals surface area contributed by atoms with Crippen molar-refractivity contribution in [1.82, 2.24) is 24.4 Å². The second-order valence-electron chi connectivity index (χ2n) is 5.20. The Morgan fingerprint density at radius 2 is 2.25 bits per heavy atom. The van der Waals surface area contributed by atoms with Crippen LogP contribution >= 0.6 is 0 Å². The lowest BCUT2D eigenvalue weighted by Crippen LogP contribution is -2.41. The summed E-state index contributed by atoms with van der Waals surface area (Å²) in [7, 11) is 0. The predicted molar refractivity (Wildman–Crippen MR) is 76.2 cm³/mol. The summed E-state index contributed by atoms with van der Waals surface area (Å²) < 4.78 is 7.58. The lowest BCUT2D eigenvalue weighted by atomic mass is 10.3. The number of aryl methyl sites for hydroxylation is 1. The topological polar surface area (TPSA) is 82.1 Å². The number of nitrogens with zero attached hydrogens (tertiary/aromatic N) is 5. The molecule has 2 aromatic heterocycles. The minimum absolute atomic E-state index is 0.338. The lowest BCUT2D eigenvalue weighted by Gasteiger charge is -2.31. The zero-order chi connectivity index (χ0) is 13.9. The molecule has 2 aromatic rings. The van der Waals surface area contributed by atoms with E-state index in [4.69, 9.17) is 10.5 Å². The molecule has 0 aromatic carbocycles. The Bertz CT molecular complexity index is 583. The number of rotatable bonds is 4. The number of nitrogens with two attached hydrogens (primary N) is 1. The van der Waals surface area contributed by atoms with Crippen LogP contribution in [0.15, 0.2) is 12.7 Å². The van der Waals surface area contributed by atoms with Crippen molar-refractivity contribution in [1.29, 1.82) is 0 Å². The monoisotopic (exact) mass is 276 g/mol. The first-order valence-electron chi connectivity index (χ1n) is 6.99. The van der Waals surface area contributed by atoms with Gasteiger partial charge in [-0.3, -0.25) is 4.90 Å². The third-order valence-corrected chi connectivity index (χ3v) is 3.63. The molecule has 1 aliphatic rings. The number of aromatic nitrogens is 4. The van der Waals surface area contributed by atoms with Crippen molar-refractivity contribution in [2.24, 2.45) is 0 Å². The summed E-state index contributed by atoms with van der Waals surface area (Å²) >= 11 is 0. The molecule has 1 atom stereocenters. The van der Waals surface area contributed by atoms with Crippen molar-refractivity contribution in [3.8, 4) is 0 Å². The Balaban J connectivity index is 1.59. The van der Waals surface area contributed by atoms with Crippen LogP contribution in [-0.4, -0.2) is 56.8 Å². The fourth-order valence-electron chi connectivity index (χ4n) is 2.62. The molecule has 0 spiro atoms. The minimum Gasteiger partial charge on any atom is -0.382 e. The maximum atomic E-state index is 5.78. The standard InChI is InChI=1S/C13H20N6O/c1-10-7-18(5-6-20-10)3-2-4-19-9-17-11-12(14)15-8-16-13(11)19/h8-10H,2-7H2,1H3,(H2,14,15,16). The average Bonchev–Trinajstić information content (AvgIpc) is 2.84. The highest BCUT2D eigenvalue weighted by Gasteiger charge is 2.16. The summed E-state index contributed by atoms with van der Waals surface area (Å²) in [6.07, 6.45) is 4.67. The quantitative estimate of drug-likeness (QED) is 0.876. The van der Waals surface area contributed by atoms with E-state index in [0.717, 1.165) is 44.9 Å². The van der Waals surface area contributed by atoms with Crippen molar-refractivity contribution < 1.29 is 4.74 Å². The van der Waals surface area contributed by atoms with Crippen LogP contribution in [0.5, 0.6) is 0 Å². The average molecular weight is 276 g/mol. The van der Waals surface area contributed by atoms with E-state index >= 15 is 0 Å². The van der Waals surface area contributed by atoms with E-state index in [2.05, 4.69) is 26.8 Å². The summed E-state index contributed by atoms with van der Waals surface area (Å²) in [6, 6.07) is 0. The van der Waals surface area contributed by atoms with Crippen molar-refractivity contribution in [3.05, 3.63) is 12.7 Å². The fourth-order valence-corrected chi connectivity index (χ4v) is 2.62. The summed E-state index contributed by atoms with van der Waals surface area (Å²) in [5.41, 5.74) is 7.28. The Labute approximate surface area is 117 Å². The maximum absolute atomic E-state index is 5.78. The van der Waals surface area contributed by atoms with Gasteiger partial charge in [0.1, 0.15) is 11.8 Å². The SMILES string of the molecule is CC1CN(CCCn2cnc3c(N)ncnc32)CCO1. The van der Waals surface area contributed by atoms with Gasteiger partial charge in [0, 0.05) is 26.2 Å². The predicted octanol–water partition coefficient (Wildman–Crippen LogP) is 0.519. The first-order valence-corrected chi connectivity index (χ1v) is 6.99. The molecule has 1 fully saturated rings. The molecule has 0 bridgehead atoms. The van der Waals surface area contributed by atoms with Gasteiger partial charge in [-0.05, 0) is 13.3 Å². The van der Waals surface area contributed by atoms with Gasteiger partial charge in [0.15, 0.2) is 11.5 Å². The van der Waals surface area contributed by atoms with Crippen LogP contribution in [0.1, 0.15) is 13.3 Å². The van der Waals surface area contributed by atoms with Crippen molar-refractivity contribution in [2.75, 3.05) is 32.0 Å². The van der Waals surface area contributed by atoms with Crippen molar-refractivity contribution >= 4 is 17.0 Å². The van der Waals surface area contributed by atoms with E-state index in [1.807, 2.05) is 4.57 Å². The summed E-state index contributed by atoms with van der Waals surface area (Å²) in [4.78, 5) is 14.9. The molecule has 7 heteroatoms. The number of nitrogen functional groups attached to an aromatic ring is 1. The third kappa shape index (κ3) is 2.73. The van der Waals surface area contributed by atoms with E-state index in [9.17, 15) is 0 Å². The molecule has 108 valence electrons. The van der Waals surface area contributed by atoms with Gasteiger partial charge in [-0.15, -0.1) is 0 Å². The molecule has 0 saturated carbocycles. The second-order valence-corrected chi connectivity index (χ2v) is 5.20. The van der Waals surface area contributed by atoms with Crippen molar-refractivity contribution in [3.63, 3.8) is 0 Å². The molecule has 1 aliphatic heterocycles. The normalized spacial score (nSPS) is 20.6. The van der Waals surface area contributed by atoms with E-state index in [1.54, 1.807) is 6.33 Å². The largest absolute Gasteiger partial charge is 0.382 e. The van der Waals surface area contributed by atoms with E-state index in [-0.39, 0.29) is 0 Å². The van der Waals surface area contributed by atoms with Crippen LogP contribution in [0.4, 0.5) is 5.82 Å². The Morgan fingerprint density at radius 1 is 1.35 bits per heavy atom. The minimum atomic E-state index is 0.338. The molecule has 1 unspecified atom stereocenters. The number of ether oxygens (including phenoxy) is 1. The molecule has 2 N–H and O–H groups in total. The van der Waals surface area contributed by atoms with E-state index in [1.165, 1.54) is 6.33 Å². The van der Waals surface area contributed by atoms with Crippen LogP contribution in [0, 0.1) is 0 Å². The van der Waals surface area contributed by atoms with Crippen LogP contribution in [0.2, 0.25) is 0 Å². The van der Waals surface area contributed by atoms with Gasteiger partial charge >= 0.3 is 0 Å². The number of fused-ring (bicyclic) bond motifs is 1. The molecule has 0 amide bonds. The highest BCUT2D eigenvalue weighted by atomic mass is 16.5. The van der Waals surface area contributed by atoms with Crippen LogP contribution in [0.3, 0.4) is 0 Å². The second kappa shape index (κ2) is 5.72. The smallest absolute Gasteiger partial charge is 0.165 e. The Kier molecular flexibility index (Phi) is 3.79. The molecule has 0 aliphatic carbocycles. The van der Waals surface area contributed by atoms with Gasteiger partial charge in [-0.2, -0.15) is 0 Å². The highest BCUT2D eigenvalue weighted by molar-refractivity contribution is 5.80. The number of hydrogen-bond acceptors (Lipinski definition) is 6. The third-order valence-electron chi connectivity index (χ3n) is 3.63. The summed E-state index contributed by atoms with van der Waals surface area (Å²) in [6.45, 7) is 6.94. The van der Waals surface area contributed by atoms with Gasteiger partial charge in [0.25, 0.3) is 0 Å². The van der Waals surface area contributed by atoms with E-state index < -0.39 is 0 Å². The van der Waals surface area contributed by atoms with Gasteiger partial charge in [0.05, 0.1) is 19.0 Å². The van der Waals surface area contributed by atoms with Gasteiger partial charge in [-0.25, -0.2) is 15.0 Å². The zero-order valence-corrected chi connectivity index (χ0v) is 11.7. The van der Waals surface area contributed by atoms with Gasteiger partial charge in [-0.1, -0.05) is 0 Å². The van der Waals surface area contributed by atoms with Crippen LogP contribution in [-0.2, 0) is 11.3 Å². The zero-order valence-electron chi connectivity index (χ0n) is 11.7. The molecular formula is C13H20N6O. The maximum Gasteiger partial charge on any atom is 0.165 e. The number of imidazole rings is 1. The van der Waals surface area contributed by atoms with Crippen molar-refractivity contribution in [2.45, 2.75) is 26.0 Å². The molecule has 7 nitrogen and oxygen atoms in total. The van der Waals surface area contributed by atoms with Gasteiger partial charge in [0.2, 0.25) is 0 Å². The fraction of sp³-hybridized carbons (Fsp3) is 0.615. The molecule has 1 saturated heterocycles. The highest BCUT2D eigenvalue weighted by Crippen LogP contribution is 2.14. The Morgan fingerprint density at radius 3 is 3.10 bits per heavy atom. The molecule has 0 radical (unpaired) electrons. The molecular weight excluding hydrogens is 256 g/mol. The van der Waals surface area contributed by atoms with Crippen LogP contribution < -0.4 is 5.73 Å². The number of anilines is 1. The van der Waals surface area contributed by atoms with E-state index in [0.29, 0.717) is 17.4 Å². The first-order chi connectivity index (χ1) is 9.74.